The molecule has 0 aliphatic rings. The summed E-state index contributed by atoms with van der Waals surface area (Å²) >= 11 is 0. The molecule has 0 spiro atoms. The van der Waals surface area contributed by atoms with Crippen molar-refractivity contribution in [1.82, 2.24) is 0 Å². The fourth-order valence-corrected chi connectivity index (χ4v) is 3.13. The predicted octanol–water partition coefficient (Wildman–Crippen LogP) is 6.57. The zero-order valence-electron chi connectivity index (χ0n) is 17.2. The predicted molar refractivity (Wildman–Crippen MR) is 108 cm³/mol. The minimum Gasteiger partial charge on any atom is -0.331 e. The fraction of sp³-hybridized carbons (Fsp3) is 1.00. The number of unbranched alkanes of at least 4 members (excludes halogenated alkanes) is 15. The molecule has 0 aliphatic carbocycles. The summed E-state index contributed by atoms with van der Waals surface area (Å²) in [6.45, 7) is 3.63. The van der Waals surface area contributed by atoms with Crippen LogP contribution in [0.25, 0.3) is 0 Å². The second-order valence-electron chi connectivity index (χ2n) is 8.32. The zero-order chi connectivity index (χ0) is 16.5. The molecule has 2 heteroatoms. The molecular formula is C21H46BaN+3. The van der Waals surface area contributed by atoms with E-state index in [1.54, 1.807) is 0 Å². The van der Waals surface area contributed by atoms with E-state index in [1.807, 2.05) is 0 Å². The monoisotopic (exact) mass is 450 g/mol. The first-order valence-corrected chi connectivity index (χ1v) is 10.4. The fourth-order valence-electron chi connectivity index (χ4n) is 3.13. The Balaban J connectivity index is 0. The molecule has 0 aromatic rings. The van der Waals surface area contributed by atoms with E-state index in [-0.39, 0.29) is 48.9 Å². The summed E-state index contributed by atoms with van der Waals surface area (Å²) in [5.74, 6) is 0. The third-order valence-corrected chi connectivity index (χ3v) is 4.68. The van der Waals surface area contributed by atoms with E-state index in [0.29, 0.717) is 0 Å². The first-order chi connectivity index (χ1) is 10.6. The van der Waals surface area contributed by atoms with Gasteiger partial charge in [0.25, 0.3) is 0 Å². The standard InChI is InChI=1S/C21H46N.Ba/c1-5-6-7-8-9-10-11-12-13-14-15-16-17-18-19-20-21-22(2,3)4;/h5-21H2,1-4H3;/q+1;+2. The summed E-state index contributed by atoms with van der Waals surface area (Å²) in [5.41, 5.74) is 0. The van der Waals surface area contributed by atoms with Crippen molar-refractivity contribution in [2.45, 2.75) is 110 Å². The SMILES string of the molecule is CCCCCCCCCCCCCCCCCC[N+](C)(C)C.[Ba+2]. The Hall–Kier alpha value is 1.53. The molecule has 0 heterocycles. The Morgan fingerprint density at radius 2 is 0.696 bits per heavy atom. The Bertz CT molecular complexity index is 210. The Labute approximate surface area is 189 Å². The first kappa shape index (κ1) is 26.8. The third-order valence-electron chi connectivity index (χ3n) is 4.68. The van der Waals surface area contributed by atoms with E-state index in [2.05, 4.69) is 28.1 Å². The maximum absolute atomic E-state index is 2.30. The van der Waals surface area contributed by atoms with Gasteiger partial charge in [-0.05, 0) is 12.8 Å². The van der Waals surface area contributed by atoms with Crippen molar-refractivity contribution in [3.8, 4) is 0 Å². The van der Waals surface area contributed by atoms with Gasteiger partial charge in [-0.15, -0.1) is 0 Å². The quantitative estimate of drug-likeness (QED) is 0.134. The van der Waals surface area contributed by atoms with E-state index >= 15 is 0 Å². The minimum atomic E-state index is 0. The summed E-state index contributed by atoms with van der Waals surface area (Å²) in [4.78, 5) is 0. The average molecular weight is 450 g/mol. The van der Waals surface area contributed by atoms with Crippen LogP contribution in [0.4, 0.5) is 0 Å². The maximum atomic E-state index is 2.30. The van der Waals surface area contributed by atoms with E-state index in [4.69, 9.17) is 0 Å². The van der Waals surface area contributed by atoms with Gasteiger partial charge in [0.05, 0.1) is 27.7 Å². The van der Waals surface area contributed by atoms with Crippen LogP contribution in [-0.2, 0) is 0 Å². The maximum Gasteiger partial charge on any atom is 2.00 e. The van der Waals surface area contributed by atoms with E-state index in [9.17, 15) is 0 Å². The molecule has 0 rings (SSSR count). The molecule has 0 N–H and O–H groups in total. The molecule has 0 aromatic carbocycles. The van der Waals surface area contributed by atoms with Crippen LogP contribution in [-0.4, -0.2) is 81.1 Å². The minimum absolute atomic E-state index is 0. The second kappa shape index (κ2) is 19.9. The largest absolute Gasteiger partial charge is 2.00 e. The molecule has 0 atom stereocenters. The summed E-state index contributed by atoms with van der Waals surface area (Å²) < 4.78 is 1.12. The van der Waals surface area contributed by atoms with Gasteiger partial charge in [0.15, 0.2) is 0 Å². The summed E-state index contributed by atoms with van der Waals surface area (Å²) in [7, 11) is 6.89. The molecule has 134 valence electrons. The van der Waals surface area contributed by atoms with Crippen molar-refractivity contribution in [2.24, 2.45) is 0 Å². The van der Waals surface area contributed by atoms with Crippen LogP contribution in [0.3, 0.4) is 0 Å². The summed E-state index contributed by atoms with van der Waals surface area (Å²) in [6, 6.07) is 0. The van der Waals surface area contributed by atoms with Gasteiger partial charge >= 0.3 is 48.9 Å². The van der Waals surface area contributed by atoms with Crippen LogP contribution in [0.15, 0.2) is 0 Å². The molecule has 0 unspecified atom stereocenters. The molecule has 0 saturated carbocycles. The van der Waals surface area contributed by atoms with Crippen molar-refractivity contribution < 1.29 is 4.48 Å². The smallest absolute Gasteiger partial charge is 0.331 e. The van der Waals surface area contributed by atoms with Gasteiger partial charge in [0.2, 0.25) is 0 Å². The Morgan fingerprint density at radius 1 is 0.435 bits per heavy atom. The number of quaternary nitrogens is 1. The van der Waals surface area contributed by atoms with E-state index in [1.165, 1.54) is 109 Å². The molecule has 0 fully saturated rings. The van der Waals surface area contributed by atoms with Gasteiger partial charge in [-0.1, -0.05) is 96.8 Å². The Morgan fingerprint density at radius 3 is 0.957 bits per heavy atom. The van der Waals surface area contributed by atoms with Crippen molar-refractivity contribution in [2.75, 3.05) is 27.7 Å². The number of hydrogen-bond donors (Lipinski definition) is 0. The van der Waals surface area contributed by atoms with Gasteiger partial charge in [-0.25, -0.2) is 0 Å². The van der Waals surface area contributed by atoms with Crippen LogP contribution < -0.4 is 0 Å². The van der Waals surface area contributed by atoms with Gasteiger partial charge in [0.1, 0.15) is 0 Å². The number of nitrogens with zero attached hydrogens (tertiary/aromatic N) is 1. The van der Waals surface area contributed by atoms with Crippen LogP contribution in [0.1, 0.15) is 110 Å². The van der Waals surface area contributed by atoms with Gasteiger partial charge < -0.3 is 4.48 Å². The van der Waals surface area contributed by atoms with Crippen LogP contribution >= 0.6 is 0 Å². The normalized spacial score (nSPS) is 11.5. The van der Waals surface area contributed by atoms with E-state index in [0.717, 1.165) is 4.48 Å². The van der Waals surface area contributed by atoms with Crippen LogP contribution in [0, 0.1) is 0 Å². The van der Waals surface area contributed by atoms with E-state index < -0.39 is 0 Å². The summed E-state index contributed by atoms with van der Waals surface area (Å²) in [6.07, 6.45) is 23.4. The molecule has 0 amide bonds. The summed E-state index contributed by atoms with van der Waals surface area (Å²) in [5, 5.41) is 0. The third kappa shape index (κ3) is 25.9. The number of rotatable bonds is 17. The van der Waals surface area contributed by atoms with Crippen molar-refractivity contribution in [1.29, 1.82) is 0 Å². The van der Waals surface area contributed by atoms with Crippen LogP contribution in [0.2, 0.25) is 0 Å². The number of hydrogen-bond acceptors (Lipinski definition) is 0. The molecule has 0 aromatic heterocycles. The van der Waals surface area contributed by atoms with Crippen molar-refractivity contribution >= 4 is 48.9 Å². The first-order valence-electron chi connectivity index (χ1n) is 10.4. The topological polar surface area (TPSA) is 0 Å². The van der Waals surface area contributed by atoms with Gasteiger partial charge in [-0.2, -0.15) is 0 Å². The Kier molecular flexibility index (Phi) is 23.1. The molecule has 1 nitrogen and oxygen atoms in total. The molecule has 23 heavy (non-hydrogen) atoms. The van der Waals surface area contributed by atoms with Crippen molar-refractivity contribution in [3.05, 3.63) is 0 Å². The molecule has 0 saturated heterocycles. The molecule has 0 aliphatic heterocycles. The van der Waals surface area contributed by atoms with Gasteiger partial charge in [0, 0.05) is 0 Å². The average Bonchev–Trinajstić information content (AvgIpc) is 2.45. The zero-order valence-corrected chi connectivity index (χ0v) is 21.6. The van der Waals surface area contributed by atoms with Gasteiger partial charge in [-0.3, -0.25) is 0 Å². The van der Waals surface area contributed by atoms with Crippen LogP contribution in [0.5, 0.6) is 0 Å². The molecular weight excluding hydrogens is 404 g/mol. The second-order valence-corrected chi connectivity index (χ2v) is 8.32. The van der Waals surface area contributed by atoms with Crippen molar-refractivity contribution in [3.63, 3.8) is 0 Å². The molecule has 0 radical (unpaired) electrons. The molecule has 0 bridgehead atoms.